The summed E-state index contributed by atoms with van der Waals surface area (Å²) in [5.74, 6) is -1.47. The third kappa shape index (κ3) is 4.53. The number of nitrogens with one attached hydrogen (secondary N) is 1. The van der Waals surface area contributed by atoms with Gasteiger partial charge in [0.15, 0.2) is 0 Å². The highest BCUT2D eigenvalue weighted by Crippen LogP contribution is 2.18. The molecule has 110 valence electrons. The number of anilines is 1. The summed E-state index contributed by atoms with van der Waals surface area (Å²) >= 11 is 0. The van der Waals surface area contributed by atoms with Crippen molar-refractivity contribution in [3.63, 3.8) is 0 Å². The number of nitrogens with two attached hydrogens (primary N) is 1. The second-order valence-corrected chi connectivity index (χ2v) is 4.78. The molecule has 0 fully saturated rings. The summed E-state index contributed by atoms with van der Waals surface area (Å²) in [4.78, 5) is 23.0. The predicted octanol–water partition coefficient (Wildman–Crippen LogP) is 1.79. The zero-order valence-electron chi connectivity index (χ0n) is 11.8. The van der Waals surface area contributed by atoms with Crippen LogP contribution in [0.25, 0.3) is 0 Å². The summed E-state index contributed by atoms with van der Waals surface area (Å²) in [5, 5.41) is 2.67. The van der Waals surface area contributed by atoms with E-state index in [0.29, 0.717) is 0 Å². The number of halogens is 1. The zero-order valence-corrected chi connectivity index (χ0v) is 11.8. The van der Waals surface area contributed by atoms with Gasteiger partial charge in [0, 0.05) is 17.3 Å². The summed E-state index contributed by atoms with van der Waals surface area (Å²) in [7, 11) is 0. The van der Waals surface area contributed by atoms with Crippen molar-refractivity contribution in [2.75, 3.05) is 12.3 Å². The van der Waals surface area contributed by atoms with Crippen molar-refractivity contribution in [3.05, 3.63) is 29.1 Å². The fourth-order valence-corrected chi connectivity index (χ4v) is 1.53. The van der Waals surface area contributed by atoms with Crippen LogP contribution in [0.1, 0.15) is 36.2 Å². The van der Waals surface area contributed by atoms with Crippen LogP contribution in [-0.2, 0) is 9.53 Å². The number of carbonyl (C=O) groups is 2. The minimum atomic E-state index is -0.701. The van der Waals surface area contributed by atoms with Crippen LogP contribution in [0.3, 0.4) is 0 Å². The van der Waals surface area contributed by atoms with Crippen LogP contribution in [0.4, 0.5) is 10.1 Å². The SMILES string of the molecule is Cc1c(N)cc(C(=O)OCCC(=O)NC(C)C)cc1F. The molecule has 20 heavy (non-hydrogen) atoms. The Balaban J connectivity index is 2.54. The fraction of sp³-hybridized carbons (Fsp3) is 0.429. The van der Waals surface area contributed by atoms with Crippen LogP contribution < -0.4 is 11.1 Å². The van der Waals surface area contributed by atoms with Crippen molar-refractivity contribution in [1.82, 2.24) is 5.32 Å². The molecule has 1 amide bonds. The van der Waals surface area contributed by atoms with Gasteiger partial charge in [-0.3, -0.25) is 4.79 Å². The molecule has 0 aromatic heterocycles. The Morgan fingerprint density at radius 2 is 2.05 bits per heavy atom. The molecule has 0 heterocycles. The van der Waals surface area contributed by atoms with Crippen molar-refractivity contribution in [1.29, 1.82) is 0 Å². The smallest absolute Gasteiger partial charge is 0.338 e. The van der Waals surface area contributed by atoms with Crippen molar-refractivity contribution in [3.8, 4) is 0 Å². The lowest BCUT2D eigenvalue weighted by Crippen LogP contribution is -2.31. The molecular weight excluding hydrogens is 263 g/mol. The Morgan fingerprint density at radius 3 is 2.60 bits per heavy atom. The summed E-state index contributed by atoms with van der Waals surface area (Å²) in [6.45, 7) is 5.13. The molecule has 0 aliphatic heterocycles. The van der Waals surface area contributed by atoms with E-state index in [4.69, 9.17) is 10.5 Å². The number of esters is 1. The molecule has 6 heteroatoms. The number of ether oxygens (including phenoxy) is 1. The van der Waals surface area contributed by atoms with E-state index in [1.165, 1.54) is 13.0 Å². The average Bonchev–Trinajstić information content (AvgIpc) is 2.34. The van der Waals surface area contributed by atoms with Gasteiger partial charge in [-0.1, -0.05) is 0 Å². The van der Waals surface area contributed by atoms with Crippen molar-refractivity contribution < 1.29 is 18.7 Å². The van der Waals surface area contributed by atoms with E-state index >= 15 is 0 Å². The monoisotopic (exact) mass is 282 g/mol. The van der Waals surface area contributed by atoms with E-state index in [-0.39, 0.29) is 41.8 Å². The van der Waals surface area contributed by atoms with Crippen LogP contribution in [0, 0.1) is 12.7 Å². The highest BCUT2D eigenvalue weighted by atomic mass is 19.1. The van der Waals surface area contributed by atoms with Gasteiger partial charge < -0.3 is 15.8 Å². The van der Waals surface area contributed by atoms with E-state index in [1.54, 1.807) is 0 Å². The van der Waals surface area contributed by atoms with Gasteiger partial charge in [0.2, 0.25) is 5.91 Å². The molecule has 3 N–H and O–H groups in total. The molecule has 5 nitrogen and oxygen atoms in total. The maximum absolute atomic E-state index is 13.4. The molecule has 0 bridgehead atoms. The second kappa shape index (κ2) is 6.88. The molecular formula is C14H19FN2O3. The van der Waals surface area contributed by atoms with Crippen LogP contribution in [0.2, 0.25) is 0 Å². The van der Waals surface area contributed by atoms with Crippen molar-refractivity contribution in [2.45, 2.75) is 33.2 Å². The fourth-order valence-electron chi connectivity index (χ4n) is 1.53. The van der Waals surface area contributed by atoms with Gasteiger partial charge in [0.05, 0.1) is 12.0 Å². The summed E-state index contributed by atoms with van der Waals surface area (Å²) in [6, 6.07) is 2.46. The molecule has 0 unspecified atom stereocenters. The first-order chi connectivity index (χ1) is 9.31. The van der Waals surface area contributed by atoms with Gasteiger partial charge >= 0.3 is 5.97 Å². The van der Waals surface area contributed by atoms with Gasteiger partial charge in [0.25, 0.3) is 0 Å². The van der Waals surface area contributed by atoms with Crippen molar-refractivity contribution >= 4 is 17.6 Å². The summed E-state index contributed by atoms with van der Waals surface area (Å²) in [5.41, 5.74) is 6.10. The molecule has 0 saturated carbocycles. The van der Waals surface area contributed by atoms with Gasteiger partial charge in [-0.05, 0) is 32.9 Å². The minimum Gasteiger partial charge on any atom is -0.462 e. The molecule has 0 saturated heterocycles. The van der Waals surface area contributed by atoms with Crippen LogP contribution in [-0.4, -0.2) is 24.5 Å². The molecule has 1 aromatic carbocycles. The maximum Gasteiger partial charge on any atom is 0.338 e. The number of hydrogen-bond donors (Lipinski definition) is 2. The van der Waals surface area contributed by atoms with Crippen molar-refractivity contribution in [2.24, 2.45) is 0 Å². The first kappa shape index (κ1) is 15.9. The van der Waals surface area contributed by atoms with E-state index in [2.05, 4.69) is 5.32 Å². The number of amides is 1. The van der Waals surface area contributed by atoms with Gasteiger partial charge in [-0.2, -0.15) is 0 Å². The third-order valence-electron chi connectivity index (χ3n) is 2.63. The molecule has 0 aliphatic carbocycles. The first-order valence-electron chi connectivity index (χ1n) is 6.33. The summed E-state index contributed by atoms with van der Waals surface area (Å²) in [6.07, 6.45) is 0.0632. The summed E-state index contributed by atoms with van der Waals surface area (Å²) < 4.78 is 18.4. The Kier molecular flexibility index (Phi) is 5.49. The minimum absolute atomic E-state index is 0.0317. The topological polar surface area (TPSA) is 81.4 Å². The van der Waals surface area contributed by atoms with Gasteiger partial charge in [-0.25, -0.2) is 9.18 Å². The third-order valence-corrected chi connectivity index (χ3v) is 2.63. The standard InChI is InChI=1S/C14H19FN2O3/c1-8(2)17-13(18)4-5-20-14(19)10-6-11(15)9(3)12(16)7-10/h6-8H,4-5,16H2,1-3H3,(H,17,18). The Bertz CT molecular complexity index is 492. The quantitative estimate of drug-likeness (QED) is 0.637. The lowest BCUT2D eigenvalue weighted by atomic mass is 10.1. The number of nitrogen functional groups attached to an aromatic ring is 1. The molecule has 0 aliphatic rings. The molecule has 0 atom stereocenters. The largest absolute Gasteiger partial charge is 0.462 e. The van der Waals surface area contributed by atoms with E-state index in [0.717, 1.165) is 6.07 Å². The number of carbonyl (C=O) groups excluding carboxylic acids is 2. The maximum atomic E-state index is 13.4. The number of rotatable bonds is 5. The molecule has 0 spiro atoms. The zero-order chi connectivity index (χ0) is 15.3. The lowest BCUT2D eigenvalue weighted by molar-refractivity contribution is -0.122. The molecule has 1 rings (SSSR count). The normalized spacial score (nSPS) is 10.4. The average molecular weight is 282 g/mol. The number of hydrogen-bond acceptors (Lipinski definition) is 4. The van der Waals surface area contributed by atoms with Crippen LogP contribution in [0.15, 0.2) is 12.1 Å². The Morgan fingerprint density at radius 1 is 1.40 bits per heavy atom. The molecule has 0 radical (unpaired) electrons. The predicted molar refractivity (Wildman–Crippen MR) is 73.7 cm³/mol. The van der Waals surface area contributed by atoms with Crippen LogP contribution >= 0.6 is 0 Å². The lowest BCUT2D eigenvalue weighted by Gasteiger charge is -2.09. The van der Waals surface area contributed by atoms with E-state index < -0.39 is 11.8 Å². The first-order valence-corrected chi connectivity index (χ1v) is 6.33. The van der Waals surface area contributed by atoms with E-state index in [9.17, 15) is 14.0 Å². The Labute approximate surface area is 117 Å². The second-order valence-electron chi connectivity index (χ2n) is 4.78. The highest BCUT2D eigenvalue weighted by Gasteiger charge is 2.13. The molecule has 1 aromatic rings. The van der Waals surface area contributed by atoms with E-state index in [1.807, 2.05) is 13.8 Å². The van der Waals surface area contributed by atoms with Gasteiger partial charge in [-0.15, -0.1) is 0 Å². The highest BCUT2D eigenvalue weighted by molar-refractivity contribution is 5.91. The Hall–Kier alpha value is -2.11. The van der Waals surface area contributed by atoms with Crippen LogP contribution in [0.5, 0.6) is 0 Å². The van der Waals surface area contributed by atoms with Gasteiger partial charge in [0.1, 0.15) is 12.4 Å². The number of benzene rings is 1.